The average molecular weight is 289 g/mol. The van der Waals surface area contributed by atoms with Crippen molar-refractivity contribution in [3.8, 4) is 0 Å². The van der Waals surface area contributed by atoms with Gasteiger partial charge in [0.05, 0.1) is 17.5 Å². The monoisotopic (exact) mass is 288 g/mol. The molecule has 1 heterocycles. The van der Waals surface area contributed by atoms with Crippen LogP contribution in [0.4, 0.5) is 5.69 Å². The highest BCUT2D eigenvalue weighted by atomic mass is 35.5. The van der Waals surface area contributed by atoms with Crippen LogP contribution in [0.2, 0.25) is 0 Å². The number of hydrogen-bond donors (Lipinski definition) is 2. The molecule has 20 heavy (non-hydrogen) atoms. The van der Waals surface area contributed by atoms with Gasteiger partial charge in [0, 0.05) is 23.3 Å². The van der Waals surface area contributed by atoms with Crippen LogP contribution in [0.15, 0.2) is 47.0 Å². The maximum Gasteiger partial charge on any atom is 0.252 e. The molecule has 2 unspecified atom stereocenters. The largest absolute Gasteiger partial charge is 0.377 e. The number of hydrogen-bond acceptors (Lipinski definition) is 3. The van der Waals surface area contributed by atoms with Crippen molar-refractivity contribution in [3.05, 3.63) is 52.6 Å². The number of ketones is 1. The standard InChI is InChI=1S/C15H13ClN2O2/c1-17-15(20)9-7-13-10(6-11(9)16)14(19)8-4-2-3-5-12(8)18-13/h2-7,10,13,18H,1H3,(H,17,20). The Morgan fingerprint density at radius 2 is 2.05 bits per heavy atom. The van der Waals surface area contributed by atoms with Crippen molar-refractivity contribution in [2.24, 2.45) is 5.92 Å². The van der Waals surface area contributed by atoms with Gasteiger partial charge in [-0.2, -0.15) is 0 Å². The number of anilines is 1. The summed E-state index contributed by atoms with van der Waals surface area (Å²) in [6.07, 6.45) is 3.38. The van der Waals surface area contributed by atoms with Crippen molar-refractivity contribution in [1.82, 2.24) is 5.32 Å². The van der Waals surface area contributed by atoms with Gasteiger partial charge in [0.25, 0.3) is 5.91 Å². The van der Waals surface area contributed by atoms with Crippen LogP contribution in [0.5, 0.6) is 0 Å². The Kier molecular flexibility index (Phi) is 3.10. The summed E-state index contributed by atoms with van der Waals surface area (Å²) in [5.74, 6) is -0.599. The fraction of sp³-hybridized carbons (Fsp3) is 0.200. The van der Waals surface area contributed by atoms with Crippen LogP contribution < -0.4 is 10.6 Å². The van der Waals surface area contributed by atoms with Gasteiger partial charge in [-0.25, -0.2) is 0 Å². The molecule has 0 fully saturated rings. The molecule has 0 saturated heterocycles. The van der Waals surface area contributed by atoms with Crippen LogP contribution in [0, 0.1) is 5.92 Å². The van der Waals surface area contributed by atoms with Crippen molar-refractivity contribution in [2.45, 2.75) is 6.04 Å². The Morgan fingerprint density at radius 1 is 1.30 bits per heavy atom. The minimum Gasteiger partial charge on any atom is -0.377 e. The molecule has 1 aromatic rings. The first-order valence-electron chi connectivity index (χ1n) is 6.33. The van der Waals surface area contributed by atoms with Gasteiger partial charge >= 0.3 is 0 Å². The van der Waals surface area contributed by atoms with Gasteiger partial charge in [0.1, 0.15) is 0 Å². The normalized spacial score (nSPS) is 23.8. The topological polar surface area (TPSA) is 58.2 Å². The van der Waals surface area contributed by atoms with E-state index in [2.05, 4.69) is 10.6 Å². The third-order valence-corrected chi connectivity index (χ3v) is 3.94. The second-order valence-corrected chi connectivity index (χ2v) is 5.19. The summed E-state index contributed by atoms with van der Waals surface area (Å²) in [5, 5.41) is 6.14. The third-order valence-electron chi connectivity index (χ3n) is 3.61. The number of rotatable bonds is 1. The maximum absolute atomic E-state index is 12.5. The second kappa shape index (κ2) is 4.80. The maximum atomic E-state index is 12.5. The number of benzene rings is 1. The van der Waals surface area contributed by atoms with E-state index in [0.717, 1.165) is 5.69 Å². The highest BCUT2D eigenvalue weighted by molar-refractivity contribution is 6.35. The lowest BCUT2D eigenvalue weighted by atomic mass is 9.81. The molecule has 2 N–H and O–H groups in total. The first kappa shape index (κ1) is 12.9. The van der Waals surface area contributed by atoms with Crippen molar-refractivity contribution in [2.75, 3.05) is 12.4 Å². The van der Waals surface area contributed by atoms with E-state index in [1.807, 2.05) is 18.2 Å². The van der Waals surface area contributed by atoms with Crippen LogP contribution in [0.3, 0.4) is 0 Å². The van der Waals surface area contributed by atoms with E-state index in [1.54, 1.807) is 25.3 Å². The molecule has 0 aromatic heterocycles. The van der Waals surface area contributed by atoms with E-state index >= 15 is 0 Å². The lowest BCUT2D eigenvalue weighted by molar-refractivity contribution is -0.116. The van der Waals surface area contributed by atoms with Crippen molar-refractivity contribution in [1.29, 1.82) is 0 Å². The number of likely N-dealkylation sites (N-methyl/N-ethyl adjacent to an activating group) is 1. The fourth-order valence-electron chi connectivity index (χ4n) is 2.59. The van der Waals surface area contributed by atoms with E-state index in [1.165, 1.54) is 0 Å². The number of carbonyl (C=O) groups excluding carboxylic acids is 2. The quantitative estimate of drug-likeness (QED) is 0.832. The number of fused-ring (bicyclic) bond motifs is 2. The lowest BCUT2D eigenvalue weighted by Gasteiger charge is -2.33. The first-order valence-corrected chi connectivity index (χ1v) is 6.71. The van der Waals surface area contributed by atoms with Crippen molar-refractivity contribution < 1.29 is 9.59 Å². The van der Waals surface area contributed by atoms with Crippen LogP contribution in [-0.4, -0.2) is 24.8 Å². The minimum absolute atomic E-state index is 0.0229. The molecule has 2 aliphatic rings. The highest BCUT2D eigenvalue weighted by Crippen LogP contribution is 2.35. The van der Waals surface area contributed by atoms with Gasteiger partial charge in [0.2, 0.25) is 0 Å². The Labute approximate surface area is 121 Å². The van der Waals surface area contributed by atoms with Crippen molar-refractivity contribution >= 4 is 29.0 Å². The summed E-state index contributed by atoms with van der Waals surface area (Å²) < 4.78 is 0. The van der Waals surface area contributed by atoms with E-state index in [-0.39, 0.29) is 23.7 Å². The van der Waals surface area contributed by atoms with E-state index in [0.29, 0.717) is 16.2 Å². The molecule has 0 spiro atoms. The predicted molar refractivity (Wildman–Crippen MR) is 77.8 cm³/mol. The number of nitrogens with one attached hydrogen (secondary N) is 2. The Morgan fingerprint density at radius 3 is 2.80 bits per heavy atom. The molecule has 0 bridgehead atoms. The van der Waals surface area contributed by atoms with Gasteiger partial charge in [0.15, 0.2) is 5.78 Å². The Balaban J connectivity index is 2.03. The molecule has 1 amide bonds. The fourth-order valence-corrected chi connectivity index (χ4v) is 2.87. The molecule has 2 atom stereocenters. The summed E-state index contributed by atoms with van der Waals surface area (Å²) in [4.78, 5) is 24.2. The first-order chi connectivity index (χ1) is 9.61. The van der Waals surface area contributed by atoms with Gasteiger partial charge in [-0.3, -0.25) is 9.59 Å². The number of Topliss-reactive ketones (excluding diaryl/α,β-unsaturated/α-hetero) is 1. The summed E-state index contributed by atoms with van der Waals surface area (Å²) in [7, 11) is 1.55. The van der Waals surface area contributed by atoms with Crippen LogP contribution >= 0.6 is 11.6 Å². The number of carbonyl (C=O) groups is 2. The number of para-hydroxylation sites is 1. The number of halogens is 1. The van der Waals surface area contributed by atoms with Crippen LogP contribution in [0.1, 0.15) is 10.4 Å². The van der Waals surface area contributed by atoms with E-state index < -0.39 is 0 Å². The molecule has 0 saturated carbocycles. The summed E-state index contributed by atoms with van der Waals surface area (Å²) in [6.45, 7) is 0. The molecule has 4 nitrogen and oxygen atoms in total. The molecule has 0 radical (unpaired) electrons. The smallest absolute Gasteiger partial charge is 0.252 e. The molecule has 102 valence electrons. The molecular weight excluding hydrogens is 276 g/mol. The molecule has 5 heteroatoms. The van der Waals surface area contributed by atoms with Gasteiger partial charge < -0.3 is 10.6 Å². The van der Waals surface area contributed by atoms with Gasteiger partial charge in [-0.15, -0.1) is 0 Å². The average Bonchev–Trinajstić information content (AvgIpc) is 2.47. The molecular formula is C15H13ClN2O2. The SMILES string of the molecule is CNC(=O)C1=CC2Nc3ccccc3C(=O)C2C=C1Cl. The third kappa shape index (κ3) is 1.93. The molecule has 1 aliphatic carbocycles. The van der Waals surface area contributed by atoms with Crippen LogP contribution in [0.25, 0.3) is 0 Å². The lowest BCUT2D eigenvalue weighted by Crippen LogP contribution is -2.40. The minimum atomic E-state index is -0.370. The summed E-state index contributed by atoms with van der Waals surface area (Å²) in [6, 6.07) is 7.11. The Hall–Kier alpha value is -2.07. The van der Waals surface area contributed by atoms with Crippen LogP contribution in [-0.2, 0) is 4.79 Å². The zero-order valence-corrected chi connectivity index (χ0v) is 11.6. The van der Waals surface area contributed by atoms with E-state index in [4.69, 9.17) is 11.6 Å². The summed E-state index contributed by atoms with van der Waals surface area (Å²) in [5.41, 5.74) is 1.85. The second-order valence-electron chi connectivity index (χ2n) is 4.78. The van der Waals surface area contributed by atoms with Gasteiger partial charge in [-0.05, 0) is 18.2 Å². The zero-order valence-electron chi connectivity index (χ0n) is 10.8. The number of amides is 1. The molecule has 3 rings (SSSR count). The van der Waals surface area contributed by atoms with Gasteiger partial charge in [-0.1, -0.05) is 29.8 Å². The molecule has 1 aromatic carbocycles. The highest BCUT2D eigenvalue weighted by Gasteiger charge is 2.36. The molecule has 1 aliphatic heterocycles. The van der Waals surface area contributed by atoms with Crippen molar-refractivity contribution in [3.63, 3.8) is 0 Å². The summed E-state index contributed by atoms with van der Waals surface area (Å²) >= 11 is 6.12. The zero-order chi connectivity index (χ0) is 14.3. The Bertz CT molecular complexity index is 664. The predicted octanol–water partition coefficient (Wildman–Crippen LogP) is 2.09. The van der Waals surface area contributed by atoms with E-state index in [9.17, 15) is 9.59 Å².